The first kappa shape index (κ1) is 18.9. The van der Waals surface area contributed by atoms with Crippen molar-refractivity contribution in [3.63, 3.8) is 0 Å². The van der Waals surface area contributed by atoms with Crippen LogP contribution in [-0.4, -0.2) is 74.3 Å². The molecule has 164 valence electrons. The lowest BCUT2D eigenvalue weighted by molar-refractivity contribution is 0.0606. The van der Waals surface area contributed by atoms with E-state index in [-0.39, 0.29) is 43.0 Å². The second kappa shape index (κ2) is 7.69. The summed E-state index contributed by atoms with van der Waals surface area (Å²) in [4.78, 5) is 20.2. The Kier molecular flexibility index (Phi) is 4.54. The Balaban J connectivity index is 1.16. The minimum Gasteiger partial charge on any atom is -0.454 e. The van der Waals surface area contributed by atoms with Crippen LogP contribution in [0.4, 0.5) is 0 Å². The van der Waals surface area contributed by atoms with Crippen LogP contribution in [-0.2, 0) is 9.47 Å². The molecule has 2 saturated heterocycles. The van der Waals surface area contributed by atoms with Gasteiger partial charge in [0.2, 0.25) is 6.79 Å². The Hall–Kier alpha value is -3.84. The van der Waals surface area contributed by atoms with Crippen LogP contribution in [0.1, 0.15) is 16.4 Å². The van der Waals surface area contributed by atoms with Crippen molar-refractivity contribution in [2.75, 3.05) is 20.0 Å². The standard InChI is InChI=1S/C19H17N7O6/c27-18(10-4-20-8-21-5-10)22-12-6-28-17-13(7-29-16(12)17)26-19(23-24-25-26)32-11-1-2-14-15(3-11)31-9-30-14/h1-5,8,12-13,16-17H,6-7,9H2,(H,22,27)/t12-,13+,16-,17+/m0/s1. The van der Waals surface area contributed by atoms with Crippen molar-refractivity contribution in [1.82, 2.24) is 35.5 Å². The van der Waals surface area contributed by atoms with Gasteiger partial charge in [-0.2, -0.15) is 4.68 Å². The molecule has 1 N–H and O–H groups in total. The summed E-state index contributed by atoms with van der Waals surface area (Å²) < 4.78 is 30.0. The predicted molar refractivity (Wildman–Crippen MR) is 102 cm³/mol. The van der Waals surface area contributed by atoms with E-state index in [9.17, 15) is 4.79 Å². The highest BCUT2D eigenvalue weighted by Crippen LogP contribution is 2.38. The van der Waals surface area contributed by atoms with Crippen molar-refractivity contribution in [3.8, 4) is 23.3 Å². The number of nitrogens with one attached hydrogen (secondary N) is 1. The van der Waals surface area contributed by atoms with Gasteiger partial charge < -0.3 is 29.0 Å². The quantitative estimate of drug-likeness (QED) is 0.579. The van der Waals surface area contributed by atoms with Gasteiger partial charge in [-0.3, -0.25) is 4.79 Å². The van der Waals surface area contributed by atoms with Crippen molar-refractivity contribution in [3.05, 3.63) is 42.5 Å². The van der Waals surface area contributed by atoms with Gasteiger partial charge in [-0.15, -0.1) is 0 Å². The molecular weight excluding hydrogens is 422 g/mol. The molecule has 3 aromatic rings. The molecule has 32 heavy (non-hydrogen) atoms. The monoisotopic (exact) mass is 439 g/mol. The third-order valence-electron chi connectivity index (χ3n) is 5.50. The Morgan fingerprint density at radius 1 is 1.09 bits per heavy atom. The number of carbonyl (C=O) groups is 1. The van der Waals surface area contributed by atoms with Gasteiger partial charge in [0, 0.05) is 18.5 Å². The van der Waals surface area contributed by atoms with Crippen LogP contribution >= 0.6 is 0 Å². The summed E-state index contributed by atoms with van der Waals surface area (Å²) >= 11 is 0. The van der Waals surface area contributed by atoms with E-state index < -0.39 is 0 Å². The first-order valence-electron chi connectivity index (χ1n) is 9.91. The van der Waals surface area contributed by atoms with E-state index >= 15 is 0 Å². The second-order valence-corrected chi connectivity index (χ2v) is 7.39. The number of nitrogens with zero attached hydrogens (tertiary/aromatic N) is 6. The summed E-state index contributed by atoms with van der Waals surface area (Å²) in [6.45, 7) is 0.774. The number of amides is 1. The molecule has 0 saturated carbocycles. The van der Waals surface area contributed by atoms with Crippen molar-refractivity contribution in [2.45, 2.75) is 24.3 Å². The lowest BCUT2D eigenvalue weighted by Gasteiger charge is -2.18. The van der Waals surface area contributed by atoms with Gasteiger partial charge in [0.15, 0.2) is 11.5 Å². The molecule has 0 radical (unpaired) electrons. The smallest absolute Gasteiger partial charge is 0.341 e. The highest BCUT2D eigenvalue weighted by molar-refractivity contribution is 5.93. The van der Waals surface area contributed by atoms with Crippen molar-refractivity contribution >= 4 is 5.91 Å². The van der Waals surface area contributed by atoms with E-state index in [4.69, 9.17) is 23.7 Å². The maximum absolute atomic E-state index is 12.5. The van der Waals surface area contributed by atoms with Crippen LogP contribution < -0.4 is 19.5 Å². The highest BCUT2D eigenvalue weighted by atomic mass is 16.7. The molecule has 13 heteroatoms. The molecule has 0 spiro atoms. The number of tetrazole rings is 1. The van der Waals surface area contributed by atoms with E-state index in [1.165, 1.54) is 23.4 Å². The molecule has 0 aliphatic carbocycles. The zero-order valence-electron chi connectivity index (χ0n) is 16.5. The first-order chi connectivity index (χ1) is 15.8. The fourth-order valence-corrected chi connectivity index (χ4v) is 3.99. The molecule has 2 fully saturated rings. The van der Waals surface area contributed by atoms with Gasteiger partial charge in [-0.1, -0.05) is 5.10 Å². The Morgan fingerprint density at radius 3 is 2.84 bits per heavy atom. The number of carbonyl (C=O) groups excluding carboxylic acids is 1. The lowest BCUT2D eigenvalue weighted by Crippen LogP contribution is -2.44. The summed E-state index contributed by atoms with van der Waals surface area (Å²) in [5, 5.41) is 14.7. The molecule has 2 aromatic heterocycles. The minimum absolute atomic E-state index is 0.172. The van der Waals surface area contributed by atoms with E-state index in [1.54, 1.807) is 18.2 Å². The largest absolute Gasteiger partial charge is 0.454 e. The normalized spacial score (nSPS) is 25.5. The molecule has 1 aromatic carbocycles. The molecule has 13 nitrogen and oxygen atoms in total. The van der Waals surface area contributed by atoms with Gasteiger partial charge in [-0.05, 0) is 22.6 Å². The first-order valence-corrected chi connectivity index (χ1v) is 9.91. The molecule has 4 atom stereocenters. The van der Waals surface area contributed by atoms with Crippen LogP contribution in [0.25, 0.3) is 0 Å². The van der Waals surface area contributed by atoms with Crippen LogP contribution in [0.2, 0.25) is 0 Å². The Labute approximate surface area is 180 Å². The Morgan fingerprint density at radius 2 is 1.94 bits per heavy atom. The van der Waals surface area contributed by atoms with Gasteiger partial charge in [0.05, 0.1) is 24.8 Å². The third kappa shape index (κ3) is 3.27. The SMILES string of the molecule is O=C(N[C@H]1CO[C@H]2[C@H]1OC[C@H]2n1nnnc1Oc1ccc2c(c1)OCO2)c1cncnc1. The molecule has 0 unspecified atom stereocenters. The molecule has 5 heterocycles. The van der Waals surface area contributed by atoms with Crippen LogP contribution in [0.3, 0.4) is 0 Å². The maximum atomic E-state index is 12.5. The zero-order chi connectivity index (χ0) is 21.5. The number of aromatic nitrogens is 6. The number of rotatable bonds is 5. The maximum Gasteiger partial charge on any atom is 0.341 e. The predicted octanol–water partition coefficient (Wildman–Crippen LogP) is 0.121. The van der Waals surface area contributed by atoms with E-state index in [0.717, 1.165) is 0 Å². The van der Waals surface area contributed by atoms with E-state index in [1.807, 2.05) is 0 Å². The second-order valence-electron chi connectivity index (χ2n) is 7.39. The topological polar surface area (TPSA) is 145 Å². The van der Waals surface area contributed by atoms with Gasteiger partial charge in [0.25, 0.3) is 5.91 Å². The number of benzene rings is 1. The van der Waals surface area contributed by atoms with Crippen LogP contribution in [0, 0.1) is 0 Å². The van der Waals surface area contributed by atoms with Crippen LogP contribution in [0.5, 0.6) is 23.3 Å². The molecular formula is C19H17N7O6. The summed E-state index contributed by atoms with van der Waals surface area (Å²) in [7, 11) is 0. The van der Waals surface area contributed by atoms with Gasteiger partial charge >= 0.3 is 6.01 Å². The average molecular weight is 439 g/mol. The van der Waals surface area contributed by atoms with Gasteiger partial charge in [0.1, 0.15) is 30.3 Å². The molecule has 1 amide bonds. The third-order valence-corrected chi connectivity index (χ3v) is 5.50. The Bertz CT molecular complexity index is 1140. The average Bonchev–Trinajstić information content (AvgIpc) is 3.60. The summed E-state index contributed by atoms with van der Waals surface area (Å²) in [5.74, 6) is 1.45. The fourth-order valence-electron chi connectivity index (χ4n) is 3.99. The zero-order valence-corrected chi connectivity index (χ0v) is 16.5. The van der Waals surface area contributed by atoms with E-state index in [2.05, 4.69) is 30.8 Å². The van der Waals surface area contributed by atoms with Crippen LogP contribution in [0.15, 0.2) is 36.9 Å². The fraction of sp³-hybridized carbons (Fsp3) is 0.368. The highest BCUT2D eigenvalue weighted by Gasteiger charge is 2.50. The van der Waals surface area contributed by atoms with Gasteiger partial charge in [-0.25, -0.2) is 9.97 Å². The lowest BCUT2D eigenvalue weighted by atomic mass is 10.1. The van der Waals surface area contributed by atoms with Crippen molar-refractivity contribution < 1.29 is 28.5 Å². The molecule has 3 aliphatic heterocycles. The molecule has 3 aliphatic rings. The van der Waals surface area contributed by atoms with E-state index in [0.29, 0.717) is 36.0 Å². The summed E-state index contributed by atoms with van der Waals surface area (Å²) in [6, 6.07) is 4.75. The number of ether oxygens (including phenoxy) is 5. The summed E-state index contributed by atoms with van der Waals surface area (Å²) in [6.07, 6.45) is 3.57. The summed E-state index contributed by atoms with van der Waals surface area (Å²) in [5.41, 5.74) is 0.366. The number of hydrogen-bond acceptors (Lipinski definition) is 11. The molecule has 6 rings (SSSR count). The van der Waals surface area contributed by atoms with Crippen molar-refractivity contribution in [2.24, 2.45) is 0 Å². The van der Waals surface area contributed by atoms with Crippen molar-refractivity contribution in [1.29, 1.82) is 0 Å². The minimum atomic E-state index is -0.352. The molecule has 0 bridgehead atoms. The number of fused-ring (bicyclic) bond motifs is 2. The number of hydrogen-bond donors (Lipinski definition) is 1.